The lowest BCUT2D eigenvalue weighted by molar-refractivity contribution is -0.125. The third kappa shape index (κ3) is 11.7. The highest BCUT2D eigenvalue weighted by Gasteiger charge is 2.40. The molecule has 2 aliphatic heterocycles. The molecule has 2 saturated heterocycles. The van der Waals surface area contributed by atoms with Crippen molar-refractivity contribution in [1.29, 1.82) is 0 Å². The largest absolute Gasteiger partial charge is 0.355 e. The Labute approximate surface area is 361 Å². The van der Waals surface area contributed by atoms with Crippen molar-refractivity contribution in [3.8, 4) is 0 Å². The zero-order valence-electron chi connectivity index (χ0n) is 33.0. The Balaban J connectivity index is 0.000000209. The number of aromatic nitrogens is 2. The molecule has 3 amide bonds. The number of halogens is 2. The Morgan fingerprint density at radius 3 is 1.80 bits per heavy atom. The van der Waals surface area contributed by atoms with E-state index in [2.05, 4.69) is 25.9 Å². The summed E-state index contributed by atoms with van der Waals surface area (Å²) in [6.07, 6.45) is 10.6. The number of carbonyl (C=O) groups is 3. The van der Waals surface area contributed by atoms with Gasteiger partial charge < -0.3 is 16.0 Å². The zero-order valence-corrected chi connectivity index (χ0v) is 36.2. The minimum absolute atomic E-state index is 0.0328. The monoisotopic (exact) mass is 897 g/mol. The molecular weight excluding hydrogens is 850 g/mol. The van der Waals surface area contributed by atoms with E-state index in [1.807, 2.05) is 30.3 Å². The lowest BCUT2D eigenvalue weighted by Gasteiger charge is -2.33. The van der Waals surface area contributed by atoms with Crippen LogP contribution in [0.15, 0.2) is 101 Å². The van der Waals surface area contributed by atoms with Gasteiger partial charge in [-0.15, -0.1) is 0 Å². The van der Waals surface area contributed by atoms with Crippen molar-refractivity contribution in [2.75, 3.05) is 19.6 Å². The van der Waals surface area contributed by atoms with Gasteiger partial charge in [-0.1, -0.05) is 84.9 Å². The normalized spacial score (nSPS) is 18.9. The molecule has 3 aliphatic rings. The number of nitrogens with one attached hydrogen (secondary N) is 3. The Bertz CT molecular complexity index is 2300. The Kier molecular flexibility index (Phi) is 15.7. The molecule has 3 fully saturated rings. The van der Waals surface area contributed by atoms with Crippen LogP contribution >= 0.6 is 23.2 Å². The van der Waals surface area contributed by atoms with Crippen molar-refractivity contribution >= 4 is 61.0 Å². The number of hydrogen-bond acceptors (Lipinski definition) is 9. The molecule has 0 spiro atoms. The molecule has 2 aromatic carbocycles. The van der Waals surface area contributed by atoms with E-state index in [0.29, 0.717) is 56.1 Å². The second-order valence-electron chi connectivity index (χ2n) is 15.0. The molecule has 60 heavy (non-hydrogen) atoms. The van der Waals surface area contributed by atoms with Crippen molar-refractivity contribution in [3.63, 3.8) is 0 Å². The van der Waals surface area contributed by atoms with Crippen LogP contribution in [0.2, 0.25) is 10.3 Å². The zero-order chi connectivity index (χ0) is 42.7. The Morgan fingerprint density at radius 2 is 1.22 bits per heavy atom. The molecule has 2 atom stereocenters. The Hall–Kier alpha value is -4.45. The summed E-state index contributed by atoms with van der Waals surface area (Å²) in [5.74, 6) is -0.469. The molecule has 3 N–H and O–H groups in total. The van der Waals surface area contributed by atoms with Crippen LogP contribution in [0.3, 0.4) is 0 Å². The van der Waals surface area contributed by atoms with Crippen molar-refractivity contribution in [2.45, 2.75) is 92.8 Å². The summed E-state index contributed by atoms with van der Waals surface area (Å²) in [5.41, 5.74) is 2.08. The molecule has 14 nitrogen and oxygen atoms in total. The molecule has 2 aromatic heterocycles. The summed E-state index contributed by atoms with van der Waals surface area (Å²) >= 11 is 11.6. The molecule has 320 valence electrons. The number of carbonyl (C=O) groups excluding carboxylic acids is 3. The number of nitrogens with zero attached hydrogens (tertiary/aromatic N) is 4. The molecule has 4 heterocycles. The van der Waals surface area contributed by atoms with Crippen molar-refractivity contribution in [2.24, 2.45) is 5.92 Å². The third-order valence-electron chi connectivity index (χ3n) is 10.8. The number of amides is 3. The molecule has 0 bridgehead atoms. The second-order valence-corrected chi connectivity index (χ2v) is 19.6. The highest BCUT2D eigenvalue weighted by molar-refractivity contribution is 7.89. The fourth-order valence-electron chi connectivity index (χ4n) is 7.56. The third-order valence-corrected chi connectivity index (χ3v) is 15.0. The van der Waals surface area contributed by atoms with Gasteiger partial charge in [0.15, 0.2) is 0 Å². The highest BCUT2D eigenvalue weighted by Crippen LogP contribution is 2.30. The van der Waals surface area contributed by atoms with E-state index in [1.54, 1.807) is 24.3 Å². The van der Waals surface area contributed by atoms with Gasteiger partial charge >= 0.3 is 0 Å². The van der Waals surface area contributed by atoms with Gasteiger partial charge in [-0.3, -0.25) is 14.4 Å². The number of hydrogen-bond donors (Lipinski definition) is 3. The number of benzene rings is 2. The molecular formula is C42H49Cl2N7O7S2. The van der Waals surface area contributed by atoms with Crippen LogP contribution in [-0.4, -0.2) is 84.9 Å². The van der Waals surface area contributed by atoms with Crippen LogP contribution in [0.4, 0.5) is 0 Å². The molecule has 1 aliphatic carbocycles. The summed E-state index contributed by atoms with van der Waals surface area (Å²) in [4.78, 5) is 45.3. The molecule has 0 unspecified atom stereocenters. The number of rotatable bonds is 13. The average Bonchev–Trinajstić information content (AvgIpc) is 3.56. The van der Waals surface area contributed by atoms with Gasteiger partial charge in [0, 0.05) is 50.7 Å². The van der Waals surface area contributed by atoms with Crippen molar-refractivity contribution in [1.82, 2.24) is 34.5 Å². The van der Waals surface area contributed by atoms with Gasteiger partial charge in [-0.2, -0.15) is 8.61 Å². The first-order valence-electron chi connectivity index (χ1n) is 20.1. The van der Waals surface area contributed by atoms with E-state index in [4.69, 9.17) is 23.2 Å². The summed E-state index contributed by atoms with van der Waals surface area (Å²) in [6, 6.07) is 20.4. The van der Waals surface area contributed by atoms with Gasteiger partial charge in [-0.05, 0) is 92.0 Å². The quantitative estimate of drug-likeness (QED) is 0.141. The van der Waals surface area contributed by atoms with Gasteiger partial charge in [0.25, 0.3) is 5.91 Å². The van der Waals surface area contributed by atoms with Crippen LogP contribution in [0.1, 0.15) is 79.3 Å². The molecule has 18 heteroatoms. The van der Waals surface area contributed by atoms with Crippen LogP contribution in [0.25, 0.3) is 0 Å². The van der Waals surface area contributed by atoms with E-state index >= 15 is 0 Å². The van der Waals surface area contributed by atoms with Crippen molar-refractivity contribution in [3.05, 3.63) is 118 Å². The summed E-state index contributed by atoms with van der Waals surface area (Å²) in [5, 5.41) is 8.83. The standard InChI is InChI=1S/C24H23ClN4O4S.C18H26ClN3O3S/c25-22-11-10-20(15-27-22)34(32,33)29(21-12-13-26-24(21)31)16-18-6-8-19(9-7-18)23(30)28-14-17-4-2-1-3-5-17;19-17-10-9-15(12-21-17)26(24,25)22(13-14-6-2-1-3-7-14)16-8-4-5-11-20-18(16)23/h1-11,15,21H,12-14,16H2,(H,26,31)(H,28,30);9-10,12,14,16H,1-8,11,13H2,(H,20,23)/t21-;16-/m11/s1. The molecule has 1 saturated carbocycles. The first-order chi connectivity index (χ1) is 28.8. The minimum Gasteiger partial charge on any atom is -0.355 e. The van der Waals surface area contributed by atoms with E-state index in [9.17, 15) is 31.2 Å². The first kappa shape index (κ1) is 45.1. The SMILES string of the molecule is O=C(NCc1ccccc1)c1ccc(CN([C@@H]2CCNC2=O)S(=O)(=O)c2ccc(Cl)nc2)cc1.O=C1NCCCC[C@H]1N(CC1CCCCC1)S(=O)(=O)c1ccc(Cl)nc1. The van der Waals surface area contributed by atoms with Gasteiger partial charge in [-0.25, -0.2) is 26.8 Å². The fourth-order valence-corrected chi connectivity index (χ4v) is 11.0. The molecule has 0 radical (unpaired) electrons. The lowest BCUT2D eigenvalue weighted by Crippen LogP contribution is -2.50. The van der Waals surface area contributed by atoms with E-state index in [-0.39, 0.29) is 44.4 Å². The number of pyridine rings is 2. The van der Waals surface area contributed by atoms with Gasteiger partial charge in [0.1, 0.15) is 32.2 Å². The van der Waals surface area contributed by atoms with Crippen LogP contribution in [0.5, 0.6) is 0 Å². The smallest absolute Gasteiger partial charge is 0.251 e. The van der Waals surface area contributed by atoms with E-state index in [1.165, 1.54) is 51.7 Å². The maximum absolute atomic E-state index is 13.4. The second kappa shape index (κ2) is 20.9. The van der Waals surface area contributed by atoms with Crippen LogP contribution in [0, 0.1) is 5.92 Å². The highest BCUT2D eigenvalue weighted by atomic mass is 35.5. The Morgan fingerprint density at radius 1 is 0.650 bits per heavy atom. The van der Waals surface area contributed by atoms with E-state index < -0.39 is 32.1 Å². The minimum atomic E-state index is -4.03. The van der Waals surface area contributed by atoms with Crippen LogP contribution < -0.4 is 16.0 Å². The lowest BCUT2D eigenvalue weighted by atomic mass is 9.89. The predicted molar refractivity (Wildman–Crippen MR) is 228 cm³/mol. The van der Waals surface area contributed by atoms with Gasteiger partial charge in [0.2, 0.25) is 31.9 Å². The maximum Gasteiger partial charge on any atom is 0.251 e. The number of sulfonamides is 2. The summed E-state index contributed by atoms with van der Waals surface area (Å²) in [6.45, 7) is 1.77. The topological polar surface area (TPSA) is 188 Å². The van der Waals surface area contributed by atoms with E-state index in [0.717, 1.165) is 44.1 Å². The predicted octanol–water partition coefficient (Wildman–Crippen LogP) is 5.72. The van der Waals surface area contributed by atoms with Crippen LogP contribution in [-0.2, 0) is 42.7 Å². The summed E-state index contributed by atoms with van der Waals surface area (Å²) < 4.78 is 56.0. The fraction of sp³-hybridized carbons (Fsp3) is 0.405. The molecule has 7 rings (SSSR count). The van der Waals surface area contributed by atoms with Crippen molar-refractivity contribution < 1.29 is 31.2 Å². The molecule has 4 aromatic rings. The average molecular weight is 899 g/mol. The first-order valence-corrected chi connectivity index (χ1v) is 23.7. The maximum atomic E-state index is 13.4. The summed E-state index contributed by atoms with van der Waals surface area (Å²) in [7, 11) is -7.84. The van der Waals surface area contributed by atoms with Gasteiger partial charge in [0.05, 0.1) is 0 Å².